The topological polar surface area (TPSA) is 81.4 Å². The Bertz CT molecular complexity index is 687. The molecule has 0 aliphatic heterocycles. The Morgan fingerprint density at radius 3 is 2.86 bits per heavy atom. The Morgan fingerprint density at radius 1 is 1.43 bits per heavy atom. The van der Waals surface area contributed by atoms with Crippen LogP contribution in [0.1, 0.15) is 16.1 Å². The predicted octanol–water partition coefficient (Wildman–Crippen LogP) is 3.19. The number of aromatic nitrogens is 1. The van der Waals surface area contributed by atoms with Crippen LogP contribution in [-0.2, 0) is 9.53 Å². The van der Waals surface area contributed by atoms with E-state index in [0.717, 1.165) is 0 Å². The number of halogens is 2. The molecule has 6 nitrogen and oxygen atoms in total. The number of carbonyl (C=O) groups excluding carboxylic acids is 2. The van der Waals surface area contributed by atoms with Gasteiger partial charge in [0.15, 0.2) is 12.4 Å². The molecular weight excluding hydrogens is 364 g/mol. The second-order valence-electron chi connectivity index (χ2n) is 4.07. The van der Waals surface area contributed by atoms with Gasteiger partial charge >= 0.3 is 5.97 Å². The molecule has 0 saturated heterocycles. The fourth-order valence-corrected chi connectivity index (χ4v) is 2.02. The van der Waals surface area contributed by atoms with Crippen molar-refractivity contribution in [1.82, 2.24) is 5.16 Å². The van der Waals surface area contributed by atoms with Crippen molar-refractivity contribution in [3.8, 4) is 0 Å². The summed E-state index contributed by atoms with van der Waals surface area (Å²) in [5.74, 6) is -0.396. The number of ether oxygens (including phenoxy) is 1. The lowest BCUT2D eigenvalue weighted by Gasteiger charge is -2.06. The van der Waals surface area contributed by atoms with Crippen molar-refractivity contribution >= 4 is 45.2 Å². The van der Waals surface area contributed by atoms with Crippen molar-refractivity contribution in [2.45, 2.75) is 6.92 Å². The second kappa shape index (κ2) is 6.73. The Hall–Kier alpha value is -1.86. The van der Waals surface area contributed by atoms with E-state index in [1.165, 1.54) is 6.07 Å². The first-order chi connectivity index (χ1) is 9.95. The zero-order valence-corrected chi connectivity index (χ0v) is 13.2. The maximum atomic E-state index is 11.8. The average Bonchev–Trinajstić information content (AvgIpc) is 2.84. The summed E-state index contributed by atoms with van der Waals surface area (Å²) in [6, 6.07) is 6.31. The third-order valence-corrected chi connectivity index (χ3v) is 3.20. The number of nitrogens with one attached hydrogen (secondary N) is 1. The summed E-state index contributed by atoms with van der Waals surface area (Å²) in [4.78, 5) is 23.4. The number of benzene rings is 1. The van der Waals surface area contributed by atoms with Crippen LogP contribution in [0.4, 0.5) is 5.82 Å². The molecule has 0 saturated carbocycles. The predicted molar refractivity (Wildman–Crippen MR) is 79.3 cm³/mol. The van der Waals surface area contributed by atoms with Crippen molar-refractivity contribution < 1.29 is 18.8 Å². The van der Waals surface area contributed by atoms with Gasteiger partial charge in [0.05, 0.1) is 10.6 Å². The Morgan fingerprint density at radius 2 is 2.19 bits per heavy atom. The number of hydrogen-bond acceptors (Lipinski definition) is 5. The quantitative estimate of drug-likeness (QED) is 0.832. The summed E-state index contributed by atoms with van der Waals surface area (Å²) in [6.45, 7) is 1.24. The van der Waals surface area contributed by atoms with Crippen LogP contribution in [0.15, 0.2) is 33.3 Å². The van der Waals surface area contributed by atoms with Crippen molar-refractivity contribution in [1.29, 1.82) is 0 Å². The number of hydrogen-bond donors (Lipinski definition) is 1. The van der Waals surface area contributed by atoms with Crippen molar-refractivity contribution in [2.24, 2.45) is 0 Å². The monoisotopic (exact) mass is 372 g/mol. The molecule has 1 amide bonds. The van der Waals surface area contributed by atoms with Crippen LogP contribution in [-0.4, -0.2) is 23.6 Å². The molecular formula is C13H10BrClN2O4. The molecule has 0 bridgehead atoms. The van der Waals surface area contributed by atoms with Gasteiger partial charge in [-0.1, -0.05) is 32.7 Å². The zero-order valence-electron chi connectivity index (χ0n) is 10.9. The van der Waals surface area contributed by atoms with Gasteiger partial charge in [0.2, 0.25) is 0 Å². The van der Waals surface area contributed by atoms with Crippen LogP contribution >= 0.6 is 27.5 Å². The SMILES string of the molecule is Cc1cc(NC(=O)COC(=O)c2cc(Br)ccc2Cl)no1. The van der Waals surface area contributed by atoms with Gasteiger partial charge in [-0.2, -0.15) is 0 Å². The van der Waals surface area contributed by atoms with E-state index in [4.69, 9.17) is 20.9 Å². The maximum absolute atomic E-state index is 11.8. The van der Waals surface area contributed by atoms with E-state index in [2.05, 4.69) is 26.4 Å². The smallest absolute Gasteiger partial charge is 0.340 e. The van der Waals surface area contributed by atoms with E-state index in [0.29, 0.717) is 10.2 Å². The summed E-state index contributed by atoms with van der Waals surface area (Å²) in [6.07, 6.45) is 0. The molecule has 1 N–H and O–H groups in total. The van der Waals surface area contributed by atoms with Crippen LogP contribution in [0, 0.1) is 6.92 Å². The lowest BCUT2D eigenvalue weighted by atomic mass is 10.2. The summed E-state index contributed by atoms with van der Waals surface area (Å²) in [5, 5.41) is 6.27. The average molecular weight is 374 g/mol. The van der Waals surface area contributed by atoms with E-state index in [-0.39, 0.29) is 16.4 Å². The molecule has 0 aliphatic rings. The molecule has 0 unspecified atom stereocenters. The zero-order chi connectivity index (χ0) is 15.4. The fraction of sp³-hybridized carbons (Fsp3) is 0.154. The van der Waals surface area contributed by atoms with Gasteiger partial charge in [-0.3, -0.25) is 4.79 Å². The first-order valence-corrected chi connectivity index (χ1v) is 6.98. The largest absolute Gasteiger partial charge is 0.452 e. The van der Waals surface area contributed by atoms with Crippen LogP contribution in [0.25, 0.3) is 0 Å². The normalized spacial score (nSPS) is 10.2. The first-order valence-electron chi connectivity index (χ1n) is 5.81. The number of aryl methyl sites for hydroxylation is 1. The van der Waals surface area contributed by atoms with Crippen molar-refractivity contribution in [3.63, 3.8) is 0 Å². The molecule has 8 heteroatoms. The molecule has 0 fully saturated rings. The van der Waals surface area contributed by atoms with Crippen LogP contribution in [0.2, 0.25) is 5.02 Å². The van der Waals surface area contributed by atoms with E-state index in [1.807, 2.05) is 0 Å². The molecule has 2 aromatic rings. The molecule has 21 heavy (non-hydrogen) atoms. The summed E-state index contributed by atoms with van der Waals surface area (Å²) >= 11 is 9.12. The van der Waals surface area contributed by atoms with Gasteiger partial charge in [-0.05, 0) is 25.1 Å². The number of carbonyl (C=O) groups is 2. The Kier molecular flexibility index (Phi) is 4.98. The maximum Gasteiger partial charge on any atom is 0.340 e. The van der Waals surface area contributed by atoms with Gasteiger partial charge in [0, 0.05) is 10.5 Å². The standard InChI is InChI=1S/C13H10BrClN2O4/c1-7-4-11(17-21-7)16-12(18)6-20-13(19)9-5-8(14)2-3-10(9)15/h2-5H,6H2,1H3,(H,16,17,18). The minimum Gasteiger partial charge on any atom is -0.452 e. The van der Waals surface area contributed by atoms with E-state index >= 15 is 0 Å². The highest BCUT2D eigenvalue weighted by Gasteiger charge is 2.15. The molecule has 0 atom stereocenters. The minimum absolute atomic E-state index is 0.177. The van der Waals surface area contributed by atoms with Gasteiger partial charge in [-0.15, -0.1) is 0 Å². The highest BCUT2D eigenvalue weighted by Crippen LogP contribution is 2.21. The van der Waals surface area contributed by atoms with E-state index in [9.17, 15) is 9.59 Å². The number of amides is 1. The molecule has 0 radical (unpaired) electrons. The lowest BCUT2D eigenvalue weighted by Crippen LogP contribution is -2.21. The number of esters is 1. The molecule has 1 heterocycles. The fourth-order valence-electron chi connectivity index (χ4n) is 1.47. The summed E-state index contributed by atoms with van der Waals surface area (Å²) < 4.78 is 10.4. The van der Waals surface area contributed by atoms with Gasteiger partial charge in [-0.25, -0.2) is 4.79 Å². The Balaban J connectivity index is 1.91. The summed E-state index contributed by atoms with van der Waals surface area (Å²) in [7, 11) is 0. The van der Waals surface area contributed by atoms with Crippen molar-refractivity contribution in [3.05, 3.63) is 45.1 Å². The molecule has 110 valence electrons. The van der Waals surface area contributed by atoms with Gasteiger partial charge in [0.25, 0.3) is 5.91 Å². The number of nitrogens with zero attached hydrogens (tertiary/aromatic N) is 1. The van der Waals surface area contributed by atoms with Crippen LogP contribution in [0.3, 0.4) is 0 Å². The lowest BCUT2D eigenvalue weighted by molar-refractivity contribution is -0.119. The van der Waals surface area contributed by atoms with E-state index in [1.54, 1.807) is 25.1 Å². The molecule has 1 aromatic heterocycles. The minimum atomic E-state index is -0.687. The third kappa shape index (κ3) is 4.30. The van der Waals surface area contributed by atoms with Gasteiger partial charge < -0.3 is 14.6 Å². The third-order valence-electron chi connectivity index (χ3n) is 2.38. The molecule has 1 aromatic carbocycles. The highest BCUT2D eigenvalue weighted by atomic mass is 79.9. The van der Waals surface area contributed by atoms with Crippen molar-refractivity contribution in [2.75, 3.05) is 11.9 Å². The Labute approximate surface area is 133 Å². The molecule has 2 rings (SSSR count). The number of rotatable bonds is 4. The van der Waals surface area contributed by atoms with Crippen LogP contribution < -0.4 is 5.32 Å². The number of anilines is 1. The highest BCUT2D eigenvalue weighted by molar-refractivity contribution is 9.10. The van der Waals surface area contributed by atoms with Crippen LogP contribution in [0.5, 0.6) is 0 Å². The molecule has 0 aliphatic carbocycles. The second-order valence-corrected chi connectivity index (χ2v) is 5.39. The summed E-state index contributed by atoms with van der Waals surface area (Å²) in [5.41, 5.74) is 0.177. The van der Waals surface area contributed by atoms with Gasteiger partial charge in [0.1, 0.15) is 5.76 Å². The molecule has 0 spiro atoms. The first kappa shape index (κ1) is 15.5. The van der Waals surface area contributed by atoms with E-state index < -0.39 is 18.5 Å².